The molecule has 0 spiro atoms. The first-order chi connectivity index (χ1) is 15.7. The van der Waals surface area contributed by atoms with Gasteiger partial charge in [-0.25, -0.2) is 9.97 Å². The van der Waals surface area contributed by atoms with Crippen molar-refractivity contribution in [1.29, 1.82) is 0 Å². The Hall–Kier alpha value is -3.81. The Morgan fingerprint density at radius 1 is 0.906 bits per heavy atom. The van der Waals surface area contributed by atoms with Crippen LogP contribution in [-0.4, -0.2) is 56.3 Å². The number of benzene rings is 2. The molecule has 4 rings (SSSR count). The fourth-order valence-corrected chi connectivity index (χ4v) is 3.73. The first-order valence-electron chi connectivity index (χ1n) is 10.5. The van der Waals surface area contributed by atoms with Crippen molar-refractivity contribution in [2.75, 3.05) is 50.2 Å². The normalized spacial score (nSPS) is 13.6. The molecule has 0 aliphatic carbocycles. The quantitative estimate of drug-likeness (QED) is 0.614. The van der Waals surface area contributed by atoms with E-state index in [1.165, 1.54) is 6.33 Å². The molecule has 8 heteroatoms. The predicted octanol–water partition coefficient (Wildman–Crippen LogP) is 2.75. The highest BCUT2D eigenvalue weighted by molar-refractivity contribution is 5.92. The molecular weight excluding hydrogens is 406 g/mol. The fourth-order valence-electron chi connectivity index (χ4n) is 3.73. The van der Waals surface area contributed by atoms with Crippen LogP contribution in [-0.2, 0) is 6.54 Å². The maximum absolute atomic E-state index is 12.6. The minimum absolute atomic E-state index is 0.207. The van der Waals surface area contributed by atoms with Gasteiger partial charge in [-0.05, 0) is 17.7 Å². The summed E-state index contributed by atoms with van der Waals surface area (Å²) in [6.07, 6.45) is 1.45. The number of piperazine rings is 1. The molecule has 1 N–H and O–H groups in total. The minimum atomic E-state index is -0.207. The largest absolute Gasteiger partial charge is 0.493 e. The minimum Gasteiger partial charge on any atom is -0.493 e. The SMILES string of the molecule is COc1ccc(N2CCN(c3cc(C(=O)NCc4ccccc4)ncn3)CC2)cc1OC. The van der Waals surface area contributed by atoms with Gasteiger partial charge in [-0.2, -0.15) is 0 Å². The second-order valence-electron chi connectivity index (χ2n) is 7.44. The summed E-state index contributed by atoms with van der Waals surface area (Å²) in [5.41, 5.74) is 2.50. The van der Waals surface area contributed by atoms with Crippen LogP contribution in [0.5, 0.6) is 11.5 Å². The molecule has 1 amide bonds. The van der Waals surface area contributed by atoms with Crippen molar-refractivity contribution in [3.63, 3.8) is 0 Å². The monoisotopic (exact) mass is 433 g/mol. The highest BCUT2D eigenvalue weighted by Gasteiger charge is 2.20. The summed E-state index contributed by atoms with van der Waals surface area (Å²) in [5.74, 6) is 1.99. The second kappa shape index (κ2) is 10.00. The summed E-state index contributed by atoms with van der Waals surface area (Å²) >= 11 is 0. The molecule has 3 aromatic rings. The lowest BCUT2D eigenvalue weighted by atomic mass is 10.2. The standard InChI is InChI=1S/C24H27N5O3/c1-31-21-9-8-19(14-22(21)32-2)28-10-12-29(13-11-28)23-15-20(26-17-27-23)24(30)25-16-18-6-4-3-5-7-18/h3-9,14-15,17H,10-13,16H2,1-2H3,(H,25,30). The van der Waals surface area contributed by atoms with E-state index in [0.29, 0.717) is 18.0 Å². The van der Waals surface area contributed by atoms with Crippen LogP contribution in [0.15, 0.2) is 60.9 Å². The lowest BCUT2D eigenvalue weighted by Gasteiger charge is -2.36. The molecule has 1 saturated heterocycles. The zero-order valence-corrected chi connectivity index (χ0v) is 18.3. The third-order valence-electron chi connectivity index (χ3n) is 5.52. The number of carbonyl (C=O) groups excluding carboxylic acids is 1. The van der Waals surface area contributed by atoms with E-state index in [9.17, 15) is 4.79 Å². The zero-order chi connectivity index (χ0) is 22.3. The molecule has 8 nitrogen and oxygen atoms in total. The van der Waals surface area contributed by atoms with Gasteiger partial charge in [-0.3, -0.25) is 4.79 Å². The number of carbonyl (C=O) groups is 1. The molecule has 0 saturated carbocycles. The molecule has 2 heterocycles. The van der Waals surface area contributed by atoms with Gasteiger partial charge in [0.05, 0.1) is 14.2 Å². The lowest BCUT2D eigenvalue weighted by molar-refractivity contribution is 0.0945. The van der Waals surface area contributed by atoms with E-state index in [2.05, 4.69) is 25.1 Å². The number of nitrogens with one attached hydrogen (secondary N) is 1. The Bertz CT molecular complexity index is 1050. The number of hydrogen-bond donors (Lipinski definition) is 1. The van der Waals surface area contributed by atoms with Gasteiger partial charge in [-0.15, -0.1) is 0 Å². The molecule has 32 heavy (non-hydrogen) atoms. The van der Waals surface area contributed by atoms with Crippen LogP contribution in [0.2, 0.25) is 0 Å². The smallest absolute Gasteiger partial charge is 0.270 e. The van der Waals surface area contributed by atoms with Gasteiger partial charge >= 0.3 is 0 Å². The van der Waals surface area contributed by atoms with Crippen molar-refractivity contribution in [2.24, 2.45) is 0 Å². The molecule has 166 valence electrons. The highest BCUT2D eigenvalue weighted by atomic mass is 16.5. The third-order valence-corrected chi connectivity index (χ3v) is 5.52. The van der Waals surface area contributed by atoms with Crippen molar-refractivity contribution in [3.8, 4) is 11.5 Å². The highest BCUT2D eigenvalue weighted by Crippen LogP contribution is 2.32. The lowest BCUT2D eigenvalue weighted by Crippen LogP contribution is -2.47. The summed E-state index contributed by atoms with van der Waals surface area (Å²) in [7, 11) is 3.27. The molecule has 1 fully saturated rings. The first kappa shape index (κ1) is 21.4. The average molecular weight is 434 g/mol. The number of nitrogens with zero attached hydrogens (tertiary/aromatic N) is 4. The molecule has 0 bridgehead atoms. The van der Waals surface area contributed by atoms with E-state index in [-0.39, 0.29) is 5.91 Å². The van der Waals surface area contributed by atoms with Crippen molar-refractivity contribution >= 4 is 17.4 Å². The van der Waals surface area contributed by atoms with Gasteiger partial charge in [0.15, 0.2) is 11.5 Å². The fraction of sp³-hybridized carbons (Fsp3) is 0.292. The van der Waals surface area contributed by atoms with Gasteiger partial charge in [0.1, 0.15) is 17.8 Å². The van der Waals surface area contributed by atoms with Crippen LogP contribution >= 0.6 is 0 Å². The maximum atomic E-state index is 12.6. The van der Waals surface area contributed by atoms with Gasteiger partial charge in [0, 0.05) is 50.5 Å². The molecule has 1 aromatic heterocycles. The molecule has 1 aliphatic heterocycles. The molecule has 0 unspecified atom stereocenters. The number of amides is 1. The van der Waals surface area contributed by atoms with E-state index in [1.807, 2.05) is 48.5 Å². The number of methoxy groups -OCH3 is 2. The van der Waals surface area contributed by atoms with E-state index in [1.54, 1.807) is 20.3 Å². The Labute approximate surface area is 187 Å². The Morgan fingerprint density at radius 3 is 2.34 bits per heavy atom. The molecule has 0 atom stereocenters. The van der Waals surface area contributed by atoms with Crippen LogP contribution in [0.1, 0.15) is 16.1 Å². The van der Waals surface area contributed by atoms with Crippen LogP contribution in [0.3, 0.4) is 0 Å². The van der Waals surface area contributed by atoms with Crippen molar-refractivity contribution in [3.05, 3.63) is 72.2 Å². The maximum Gasteiger partial charge on any atom is 0.270 e. The Balaban J connectivity index is 1.37. The Morgan fingerprint density at radius 2 is 1.62 bits per heavy atom. The van der Waals surface area contributed by atoms with Crippen molar-refractivity contribution in [1.82, 2.24) is 15.3 Å². The Kier molecular flexibility index (Phi) is 6.69. The van der Waals surface area contributed by atoms with Crippen molar-refractivity contribution < 1.29 is 14.3 Å². The number of hydrogen-bond acceptors (Lipinski definition) is 7. The molecule has 1 aliphatic rings. The number of rotatable bonds is 7. The van der Waals surface area contributed by atoms with Crippen LogP contribution < -0.4 is 24.6 Å². The summed E-state index contributed by atoms with van der Waals surface area (Å²) in [6, 6.07) is 17.5. The summed E-state index contributed by atoms with van der Waals surface area (Å²) in [6.45, 7) is 3.69. The van der Waals surface area contributed by atoms with E-state index in [0.717, 1.165) is 49.0 Å². The van der Waals surface area contributed by atoms with Gasteiger partial charge in [-0.1, -0.05) is 30.3 Å². The van der Waals surface area contributed by atoms with Crippen LogP contribution in [0, 0.1) is 0 Å². The summed E-state index contributed by atoms with van der Waals surface area (Å²) in [4.78, 5) is 25.6. The van der Waals surface area contributed by atoms with E-state index < -0.39 is 0 Å². The van der Waals surface area contributed by atoms with Gasteiger partial charge in [0.25, 0.3) is 5.91 Å². The van der Waals surface area contributed by atoms with Crippen molar-refractivity contribution in [2.45, 2.75) is 6.54 Å². The van der Waals surface area contributed by atoms with Gasteiger partial charge in [0.2, 0.25) is 0 Å². The molecule has 0 radical (unpaired) electrons. The van der Waals surface area contributed by atoms with E-state index >= 15 is 0 Å². The third kappa shape index (κ3) is 4.91. The number of anilines is 2. The zero-order valence-electron chi connectivity index (χ0n) is 18.3. The molecule has 2 aromatic carbocycles. The topological polar surface area (TPSA) is 79.8 Å². The summed E-state index contributed by atoms with van der Waals surface area (Å²) in [5, 5.41) is 2.92. The second-order valence-corrected chi connectivity index (χ2v) is 7.44. The average Bonchev–Trinajstić information content (AvgIpc) is 2.87. The van der Waals surface area contributed by atoms with Crippen LogP contribution in [0.25, 0.3) is 0 Å². The molecular formula is C24H27N5O3. The first-order valence-corrected chi connectivity index (χ1v) is 10.5. The number of aromatic nitrogens is 2. The summed E-state index contributed by atoms with van der Waals surface area (Å²) < 4.78 is 10.8. The van der Waals surface area contributed by atoms with Gasteiger partial charge < -0.3 is 24.6 Å². The van der Waals surface area contributed by atoms with E-state index in [4.69, 9.17) is 9.47 Å². The van der Waals surface area contributed by atoms with Crippen LogP contribution in [0.4, 0.5) is 11.5 Å². The predicted molar refractivity (Wildman–Crippen MR) is 124 cm³/mol. The number of ether oxygens (including phenoxy) is 2.